The molecule has 0 saturated carbocycles. The lowest BCUT2D eigenvalue weighted by Gasteiger charge is -2.01. The molecule has 5 heteroatoms. The summed E-state index contributed by atoms with van der Waals surface area (Å²) in [5.74, 6) is -0.129. The van der Waals surface area contributed by atoms with Gasteiger partial charge in [-0.1, -0.05) is 53.5 Å². The van der Waals surface area contributed by atoms with E-state index >= 15 is 0 Å². The van der Waals surface area contributed by atoms with Crippen molar-refractivity contribution in [3.05, 3.63) is 45.8 Å². The van der Waals surface area contributed by atoms with Gasteiger partial charge in [-0.3, -0.25) is 0 Å². The number of hydrogen-bond acceptors (Lipinski definition) is 2. The summed E-state index contributed by atoms with van der Waals surface area (Å²) in [6.07, 6.45) is 0. The van der Waals surface area contributed by atoms with E-state index in [4.69, 9.17) is 23.2 Å². The normalized spacial score (nSPS) is 12.9. The molecule has 0 aliphatic carbocycles. The SMILES string of the molecule is O=S(=O)(Cc1ccccc1)C(Cl)=CCl. The predicted octanol–water partition coefficient (Wildman–Crippen LogP) is 2.88. The maximum absolute atomic E-state index is 11.4. The molecule has 0 radical (unpaired) electrons. The Kier molecular flexibility index (Phi) is 3.98. The summed E-state index contributed by atoms with van der Waals surface area (Å²) in [6.45, 7) is 0. The molecule has 0 fully saturated rings. The molecule has 1 rings (SSSR count). The van der Waals surface area contributed by atoms with Crippen molar-refractivity contribution in [2.24, 2.45) is 0 Å². The number of hydrogen-bond donors (Lipinski definition) is 0. The first-order valence-corrected chi connectivity index (χ1v) is 6.25. The Morgan fingerprint density at radius 1 is 1.29 bits per heavy atom. The van der Waals surface area contributed by atoms with Crippen molar-refractivity contribution in [2.45, 2.75) is 5.75 Å². The van der Waals surface area contributed by atoms with Crippen LogP contribution in [0.1, 0.15) is 5.56 Å². The zero-order valence-corrected chi connectivity index (χ0v) is 9.48. The zero-order valence-electron chi connectivity index (χ0n) is 7.15. The summed E-state index contributed by atoms with van der Waals surface area (Å²) in [5, 5.41) is 0. The molecule has 0 heterocycles. The van der Waals surface area contributed by atoms with Gasteiger partial charge in [-0.25, -0.2) is 8.42 Å². The van der Waals surface area contributed by atoms with Crippen LogP contribution >= 0.6 is 23.2 Å². The standard InChI is InChI=1S/C9H8Cl2O2S/c10-6-9(11)14(12,13)7-8-4-2-1-3-5-8/h1-6H,7H2. The van der Waals surface area contributed by atoms with Crippen molar-refractivity contribution in [3.8, 4) is 0 Å². The Balaban J connectivity index is 2.91. The Hall–Kier alpha value is -0.510. The third-order valence-corrected chi connectivity index (χ3v) is 4.28. The van der Waals surface area contributed by atoms with Crippen molar-refractivity contribution in [2.75, 3.05) is 0 Å². The van der Waals surface area contributed by atoms with Crippen LogP contribution in [0.25, 0.3) is 0 Å². The average molecular weight is 251 g/mol. The summed E-state index contributed by atoms with van der Waals surface area (Å²) >= 11 is 10.7. The molecule has 2 nitrogen and oxygen atoms in total. The number of halogens is 2. The Morgan fingerprint density at radius 3 is 2.36 bits per heavy atom. The molecule has 0 atom stereocenters. The quantitative estimate of drug-likeness (QED) is 0.827. The molecule has 14 heavy (non-hydrogen) atoms. The van der Waals surface area contributed by atoms with Crippen LogP contribution in [-0.2, 0) is 15.6 Å². The molecule has 0 bridgehead atoms. The van der Waals surface area contributed by atoms with E-state index in [2.05, 4.69) is 0 Å². The van der Waals surface area contributed by atoms with Gasteiger partial charge < -0.3 is 0 Å². The smallest absolute Gasteiger partial charge is 0.194 e. The molecule has 0 aromatic heterocycles. The Bertz CT molecular complexity index is 423. The van der Waals surface area contributed by atoms with Crippen LogP contribution in [0.2, 0.25) is 0 Å². The lowest BCUT2D eigenvalue weighted by molar-refractivity contribution is 0.603. The van der Waals surface area contributed by atoms with Crippen molar-refractivity contribution in [3.63, 3.8) is 0 Å². The van der Waals surface area contributed by atoms with Crippen molar-refractivity contribution in [1.82, 2.24) is 0 Å². The summed E-state index contributed by atoms with van der Waals surface area (Å²) in [7, 11) is -3.47. The lowest BCUT2D eigenvalue weighted by atomic mass is 10.2. The molecule has 0 unspecified atom stereocenters. The van der Waals surface area contributed by atoms with Crippen LogP contribution < -0.4 is 0 Å². The van der Waals surface area contributed by atoms with Gasteiger partial charge in [0, 0.05) is 5.54 Å². The monoisotopic (exact) mass is 250 g/mol. The molecule has 1 aromatic carbocycles. The first kappa shape index (κ1) is 11.6. The highest BCUT2D eigenvalue weighted by Gasteiger charge is 2.15. The summed E-state index contributed by atoms with van der Waals surface area (Å²) in [6, 6.07) is 8.79. The first-order chi connectivity index (χ1) is 6.56. The maximum Gasteiger partial charge on any atom is 0.194 e. The summed E-state index contributed by atoms with van der Waals surface area (Å²) < 4.78 is 22.6. The zero-order chi connectivity index (χ0) is 10.6. The minimum Gasteiger partial charge on any atom is -0.222 e. The molecule has 0 saturated heterocycles. The van der Waals surface area contributed by atoms with E-state index in [0.29, 0.717) is 5.56 Å². The van der Waals surface area contributed by atoms with Gasteiger partial charge in [0.25, 0.3) is 0 Å². The summed E-state index contributed by atoms with van der Waals surface area (Å²) in [4.78, 5) is 0. The van der Waals surface area contributed by atoms with Gasteiger partial charge in [-0.2, -0.15) is 0 Å². The van der Waals surface area contributed by atoms with Gasteiger partial charge in [-0.05, 0) is 5.56 Å². The van der Waals surface area contributed by atoms with Gasteiger partial charge in [0.1, 0.15) is 4.36 Å². The molecule has 0 aliphatic rings. The van der Waals surface area contributed by atoms with Crippen LogP contribution in [-0.4, -0.2) is 8.42 Å². The second kappa shape index (κ2) is 4.82. The third kappa shape index (κ3) is 3.01. The van der Waals surface area contributed by atoms with Crippen LogP contribution in [0.4, 0.5) is 0 Å². The first-order valence-electron chi connectivity index (χ1n) is 3.79. The van der Waals surface area contributed by atoms with E-state index in [1.54, 1.807) is 24.3 Å². The van der Waals surface area contributed by atoms with Crippen LogP contribution in [0.3, 0.4) is 0 Å². The van der Waals surface area contributed by atoms with Crippen LogP contribution in [0.15, 0.2) is 40.2 Å². The Labute approximate surface area is 93.1 Å². The van der Waals surface area contributed by atoms with E-state index in [1.165, 1.54) is 0 Å². The number of benzene rings is 1. The van der Waals surface area contributed by atoms with E-state index in [1.807, 2.05) is 6.07 Å². The summed E-state index contributed by atoms with van der Waals surface area (Å²) in [5.41, 5.74) is 1.55. The number of rotatable bonds is 3. The molecule has 0 spiro atoms. The maximum atomic E-state index is 11.4. The fourth-order valence-corrected chi connectivity index (χ4v) is 2.41. The topological polar surface area (TPSA) is 34.1 Å². The molecule has 0 aliphatic heterocycles. The van der Waals surface area contributed by atoms with Gasteiger partial charge >= 0.3 is 0 Å². The fraction of sp³-hybridized carbons (Fsp3) is 0.111. The minimum absolute atomic E-state index is 0.129. The highest BCUT2D eigenvalue weighted by atomic mass is 35.5. The molecule has 1 aromatic rings. The Morgan fingerprint density at radius 2 is 1.86 bits per heavy atom. The van der Waals surface area contributed by atoms with Crippen molar-refractivity contribution in [1.29, 1.82) is 0 Å². The molecule has 0 N–H and O–H groups in total. The second-order valence-corrected chi connectivity index (χ2v) is 5.47. The number of sulfone groups is 1. The van der Waals surface area contributed by atoms with Gasteiger partial charge in [-0.15, -0.1) is 0 Å². The van der Waals surface area contributed by atoms with Crippen molar-refractivity contribution >= 4 is 33.0 Å². The minimum atomic E-state index is -3.47. The van der Waals surface area contributed by atoms with Crippen molar-refractivity contribution < 1.29 is 8.42 Å². The predicted molar refractivity (Wildman–Crippen MR) is 58.9 cm³/mol. The van der Waals surface area contributed by atoms with E-state index in [-0.39, 0.29) is 10.1 Å². The van der Waals surface area contributed by atoms with E-state index in [0.717, 1.165) is 5.54 Å². The average Bonchev–Trinajstić information content (AvgIpc) is 2.17. The van der Waals surface area contributed by atoms with Crippen LogP contribution in [0, 0.1) is 0 Å². The lowest BCUT2D eigenvalue weighted by Crippen LogP contribution is -2.03. The van der Waals surface area contributed by atoms with Gasteiger partial charge in [0.15, 0.2) is 9.84 Å². The second-order valence-electron chi connectivity index (χ2n) is 2.66. The van der Waals surface area contributed by atoms with Crippen LogP contribution in [0.5, 0.6) is 0 Å². The third-order valence-electron chi connectivity index (χ3n) is 1.58. The molecular formula is C9H8Cl2O2S. The largest absolute Gasteiger partial charge is 0.222 e. The van der Waals surface area contributed by atoms with Gasteiger partial charge in [0.05, 0.1) is 5.75 Å². The fourth-order valence-electron chi connectivity index (χ4n) is 0.930. The molecule has 76 valence electrons. The molecule has 0 amide bonds. The van der Waals surface area contributed by atoms with Gasteiger partial charge in [0.2, 0.25) is 0 Å². The van der Waals surface area contributed by atoms with E-state index in [9.17, 15) is 8.42 Å². The highest BCUT2D eigenvalue weighted by Crippen LogP contribution is 2.18. The van der Waals surface area contributed by atoms with E-state index < -0.39 is 9.84 Å². The highest BCUT2D eigenvalue weighted by molar-refractivity contribution is 7.96. The molecular weight excluding hydrogens is 243 g/mol.